The first-order valence-corrected chi connectivity index (χ1v) is 7.20. The molecule has 1 amide bonds. The van der Waals surface area contributed by atoms with Crippen molar-refractivity contribution >= 4 is 16.9 Å². The summed E-state index contributed by atoms with van der Waals surface area (Å²) in [5.41, 5.74) is 0.262. The zero-order valence-electron chi connectivity index (χ0n) is 12.5. The van der Waals surface area contributed by atoms with Gasteiger partial charge in [-0.3, -0.25) is 4.79 Å². The quantitative estimate of drug-likeness (QED) is 0.777. The second kappa shape index (κ2) is 5.85. The van der Waals surface area contributed by atoms with Crippen LogP contribution in [0.2, 0.25) is 0 Å². The predicted molar refractivity (Wildman–Crippen MR) is 84.5 cm³/mol. The summed E-state index contributed by atoms with van der Waals surface area (Å²) < 4.78 is 18.3. The third kappa shape index (κ3) is 3.10. The van der Waals surface area contributed by atoms with E-state index in [9.17, 15) is 14.3 Å². The van der Waals surface area contributed by atoms with E-state index in [0.29, 0.717) is 22.1 Å². The van der Waals surface area contributed by atoms with Crippen LogP contribution in [0.5, 0.6) is 0 Å². The van der Waals surface area contributed by atoms with Gasteiger partial charge < -0.3 is 14.8 Å². The fourth-order valence-corrected chi connectivity index (χ4v) is 2.41. The first-order valence-electron chi connectivity index (χ1n) is 7.20. The van der Waals surface area contributed by atoms with Crippen LogP contribution in [-0.4, -0.2) is 17.6 Å². The Morgan fingerprint density at radius 1 is 1.22 bits per heavy atom. The number of rotatable bonds is 4. The number of halogens is 1. The molecular formula is C18H16FNO3. The number of para-hydroxylation sites is 1. The molecule has 0 aliphatic heterocycles. The van der Waals surface area contributed by atoms with Gasteiger partial charge in [-0.05, 0) is 30.7 Å². The fraction of sp³-hybridized carbons (Fsp3) is 0.167. The number of aliphatic hydroxyl groups is 1. The van der Waals surface area contributed by atoms with Gasteiger partial charge in [0.2, 0.25) is 0 Å². The predicted octanol–water partition coefficient (Wildman–Crippen LogP) is 3.21. The van der Waals surface area contributed by atoms with Crippen LogP contribution in [0.4, 0.5) is 4.39 Å². The second-order valence-electron chi connectivity index (χ2n) is 5.61. The van der Waals surface area contributed by atoms with Crippen molar-refractivity contribution in [2.24, 2.45) is 0 Å². The minimum absolute atomic E-state index is 0.00300. The van der Waals surface area contributed by atoms with Gasteiger partial charge in [0.1, 0.15) is 23.3 Å². The lowest BCUT2D eigenvalue weighted by molar-refractivity contribution is 0.0526. The van der Waals surface area contributed by atoms with Crippen LogP contribution < -0.4 is 5.32 Å². The van der Waals surface area contributed by atoms with E-state index in [0.717, 1.165) is 0 Å². The summed E-state index contributed by atoms with van der Waals surface area (Å²) in [7, 11) is 0. The highest BCUT2D eigenvalue weighted by molar-refractivity contribution is 6.05. The minimum atomic E-state index is -1.30. The summed E-state index contributed by atoms with van der Waals surface area (Å²) in [6.45, 7) is 1.56. The van der Waals surface area contributed by atoms with Crippen molar-refractivity contribution < 1.29 is 18.7 Å². The summed E-state index contributed by atoms with van der Waals surface area (Å²) in [4.78, 5) is 12.3. The molecule has 23 heavy (non-hydrogen) atoms. The van der Waals surface area contributed by atoms with Gasteiger partial charge in [-0.15, -0.1) is 0 Å². The number of benzene rings is 2. The molecule has 2 aromatic carbocycles. The lowest BCUT2D eigenvalue weighted by Crippen LogP contribution is -2.38. The van der Waals surface area contributed by atoms with Gasteiger partial charge >= 0.3 is 0 Å². The molecule has 3 rings (SSSR count). The maximum atomic E-state index is 13.0. The van der Waals surface area contributed by atoms with Crippen LogP contribution in [0.25, 0.3) is 11.0 Å². The van der Waals surface area contributed by atoms with E-state index >= 15 is 0 Å². The number of furan rings is 1. The smallest absolute Gasteiger partial charge is 0.255 e. The molecule has 0 aliphatic rings. The van der Waals surface area contributed by atoms with E-state index in [-0.39, 0.29) is 18.3 Å². The van der Waals surface area contributed by atoms with Crippen molar-refractivity contribution in [1.82, 2.24) is 5.32 Å². The number of nitrogens with one attached hydrogen (secondary N) is 1. The zero-order valence-corrected chi connectivity index (χ0v) is 12.5. The van der Waals surface area contributed by atoms with Crippen molar-refractivity contribution in [3.8, 4) is 0 Å². The first kappa shape index (κ1) is 15.2. The molecule has 0 radical (unpaired) electrons. The monoisotopic (exact) mass is 313 g/mol. The number of amides is 1. The number of fused-ring (bicyclic) bond motifs is 1. The molecule has 0 bridgehead atoms. The molecule has 0 aliphatic carbocycles. The SMILES string of the molecule is CC(O)(CNC(=O)c1coc2ccccc12)c1ccc(F)cc1. The molecule has 3 aromatic rings. The highest BCUT2D eigenvalue weighted by Gasteiger charge is 2.25. The van der Waals surface area contributed by atoms with E-state index in [1.54, 1.807) is 19.1 Å². The summed E-state index contributed by atoms with van der Waals surface area (Å²) in [5.74, 6) is -0.712. The van der Waals surface area contributed by atoms with Crippen molar-refractivity contribution in [1.29, 1.82) is 0 Å². The van der Waals surface area contributed by atoms with Crippen molar-refractivity contribution in [3.05, 3.63) is 71.7 Å². The highest BCUT2D eigenvalue weighted by Crippen LogP contribution is 2.22. The molecule has 2 N–H and O–H groups in total. The Balaban J connectivity index is 1.74. The molecule has 118 valence electrons. The van der Waals surface area contributed by atoms with Gasteiger partial charge in [-0.25, -0.2) is 4.39 Å². The average Bonchev–Trinajstić information content (AvgIpc) is 2.97. The van der Waals surface area contributed by atoms with Gasteiger partial charge in [0.15, 0.2) is 0 Å². The Hall–Kier alpha value is -2.66. The number of carbonyl (C=O) groups excluding carboxylic acids is 1. The number of hydrogen-bond donors (Lipinski definition) is 2. The van der Waals surface area contributed by atoms with Gasteiger partial charge in [-0.2, -0.15) is 0 Å². The lowest BCUT2D eigenvalue weighted by Gasteiger charge is -2.24. The Bertz CT molecular complexity index is 837. The van der Waals surface area contributed by atoms with Gasteiger partial charge in [0.05, 0.1) is 12.1 Å². The second-order valence-corrected chi connectivity index (χ2v) is 5.61. The molecule has 0 spiro atoms. The largest absolute Gasteiger partial charge is 0.463 e. The Labute approximate surface area is 132 Å². The average molecular weight is 313 g/mol. The lowest BCUT2D eigenvalue weighted by atomic mass is 9.96. The fourth-order valence-electron chi connectivity index (χ4n) is 2.41. The van der Waals surface area contributed by atoms with Crippen LogP contribution >= 0.6 is 0 Å². The number of hydrogen-bond acceptors (Lipinski definition) is 3. The van der Waals surface area contributed by atoms with E-state index < -0.39 is 5.60 Å². The molecule has 0 saturated carbocycles. The molecule has 1 unspecified atom stereocenters. The topological polar surface area (TPSA) is 62.5 Å². The first-order chi connectivity index (χ1) is 11.0. The molecule has 1 atom stereocenters. The standard InChI is InChI=1S/C18H16FNO3/c1-18(22,12-6-8-13(19)9-7-12)11-20-17(21)15-10-23-16-5-3-2-4-14(15)16/h2-10,22H,11H2,1H3,(H,20,21). The Morgan fingerprint density at radius 2 is 1.91 bits per heavy atom. The third-order valence-corrected chi connectivity index (χ3v) is 3.78. The minimum Gasteiger partial charge on any atom is -0.463 e. The van der Waals surface area contributed by atoms with Gasteiger partial charge in [-0.1, -0.05) is 30.3 Å². The van der Waals surface area contributed by atoms with Crippen LogP contribution in [-0.2, 0) is 5.60 Å². The molecule has 5 heteroatoms. The van der Waals surface area contributed by atoms with Crippen molar-refractivity contribution in [2.45, 2.75) is 12.5 Å². The molecule has 1 aromatic heterocycles. The summed E-state index contributed by atoms with van der Waals surface area (Å²) in [6, 6.07) is 12.8. The zero-order chi connectivity index (χ0) is 16.4. The molecular weight excluding hydrogens is 297 g/mol. The number of carbonyl (C=O) groups is 1. The Morgan fingerprint density at radius 3 is 2.65 bits per heavy atom. The highest BCUT2D eigenvalue weighted by atomic mass is 19.1. The van der Waals surface area contributed by atoms with E-state index in [4.69, 9.17) is 4.42 Å². The maximum absolute atomic E-state index is 13.0. The van der Waals surface area contributed by atoms with Gasteiger partial charge in [0.25, 0.3) is 5.91 Å². The summed E-state index contributed by atoms with van der Waals surface area (Å²) in [6.07, 6.45) is 1.40. The van der Waals surface area contributed by atoms with E-state index in [1.807, 2.05) is 12.1 Å². The van der Waals surface area contributed by atoms with Crippen molar-refractivity contribution in [3.63, 3.8) is 0 Å². The third-order valence-electron chi connectivity index (χ3n) is 3.78. The van der Waals surface area contributed by atoms with Crippen molar-refractivity contribution in [2.75, 3.05) is 6.54 Å². The molecule has 0 fully saturated rings. The maximum Gasteiger partial charge on any atom is 0.255 e. The van der Waals surface area contributed by atoms with Crippen LogP contribution in [0.1, 0.15) is 22.8 Å². The summed E-state index contributed by atoms with van der Waals surface area (Å²) in [5, 5.41) is 13.9. The van der Waals surface area contributed by atoms with Crippen LogP contribution in [0, 0.1) is 5.82 Å². The summed E-state index contributed by atoms with van der Waals surface area (Å²) >= 11 is 0. The van der Waals surface area contributed by atoms with Crippen LogP contribution in [0.15, 0.2) is 59.2 Å². The normalized spacial score (nSPS) is 13.7. The Kier molecular flexibility index (Phi) is 3.88. The molecule has 1 heterocycles. The van der Waals surface area contributed by atoms with Crippen LogP contribution in [0.3, 0.4) is 0 Å². The van der Waals surface area contributed by atoms with E-state index in [2.05, 4.69) is 5.32 Å². The molecule has 4 nitrogen and oxygen atoms in total. The van der Waals surface area contributed by atoms with E-state index in [1.165, 1.54) is 30.5 Å². The molecule has 0 saturated heterocycles. The van der Waals surface area contributed by atoms with Gasteiger partial charge in [0, 0.05) is 5.39 Å².